The zero-order valence-corrected chi connectivity index (χ0v) is 13.0. The predicted octanol–water partition coefficient (Wildman–Crippen LogP) is 4.77. The number of benzene rings is 1. The van der Waals surface area contributed by atoms with Gasteiger partial charge in [0.15, 0.2) is 0 Å². The summed E-state index contributed by atoms with van der Waals surface area (Å²) in [7, 11) is 0. The summed E-state index contributed by atoms with van der Waals surface area (Å²) in [6.07, 6.45) is 3.42. The van der Waals surface area contributed by atoms with Crippen molar-refractivity contribution in [2.24, 2.45) is 17.8 Å². The number of carbonyl (C=O) groups excluding carboxylic acids is 1. The van der Waals surface area contributed by atoms with Crippen LogP contribution in [0.4, 0.5) is 4.39 Å². The lowest BCUT2D eigenvalue weighted by Gasteiger charge is -2.30. The van der Waals surface area contributed by atoms with Gasteiger partial charge in [0.05, 0.1) is 0 Å². The van der Waals surface area contributed by atoms with E-state index in [2.05, 4.69) is 29.8 Å². The third kappa shape index (κ3) is 3.65. The van der Waals surface area contributed by atoms with Crippen LogP contribution in [0.3, 0.4) is 0 Å². The fourth-order valence-corrected chi connectivity index (χ4v) is 3.41. The molecule has 1 aliphatic rings. The molecule has 104 valence electrons. The average Bonchev–Trinajstić information content (AvgIpc) is 2.34. The molecule has 2 rings (SSSR count). The number of ketones is 1. The van der Waals surface area contributed by atoms with Gasteiger partial charge in [-0.05, 0) is 48.8 Å². The molecule has 0 aliphatic heterocycles. The zero-order valence-electron chi connectivity index (χ0n) is 11.5. The Morgan fingerprint density at radius 3 is 2.79 bits per heavy atom. The Kier molecular flexibility index (Phi) is 4.77. The number of rotatable bonds is 3. The number of hydrogen-bond donors (Lipinski definition) is 0. The predicted molar refractivity (Wildman–Crippen MR) is 78.5 cm³/mol. The van der Waals surface area contributed by atoms with Gasteiger partial charge in [0, 0.05) is 16.8 Å². The summed E-state index contributed by atoms with van der Waals surface area (Å²) in [6, 6.07) is 4.72. The number of hydrogen-bond acceptors (Lipinski definition) is 1. The van der Waals surface area contributed by atoms with Gasteiger partial charge in [0.2, 0.25) is 0 Å². The first-order valence-corrected chi connectivity index (χ1v) is 7.73. The third-order valence-corrected chi connectivity index (χ3v) is 4.97. The largest absolute Gasteiger partial charge is 0.299 e. The van der Waals surface area contributed by atoms with Gasteiger partial charge in [0.25, 0.3) is 0 Å². The highest BCUT2D eigenvalue weighted by Gasteiger charge is 2.30. The smallest absolute Gasteiger partial charge is 0.136 e. The van der Waals surface area contributed by atoms with Crippen molar-refractivity contribution in [1.82, 2.24) is 0 Å². The van der Waals surface area contributed by atoms with E-state index in [4.69, 9.17) is 0 Å². The van der Waals surface area contributed by atoms with E-state index >= 15 is 0 Å². The standard InChI is InChI=1S/C16H20BrFO/c1-10(2)11-4-6-16(19)13(7-11)8-12-3-5-14(18)9-15(12)17/h3,5,9-11,13H,4,6-8H2,1-2H3. The highest BCUT2D eigenvalue weighted by Crippen LogP contribution is 2.34. The molecule has 2 atom stereocenters. The molecule has 1 saturated carbocycles. The summed E-state index contributed by atoms with van der Waals surface area (Å²) in [5.41, 5.74) is 1.03. The van der Waals surface area contributed by atoms with Gasteiger partial charge in [-0.25, -0.2) is 4.39 Å². The van der Waals surface area contributed by atoms with Crippen molar-refractivity contribution in [1.29, 1.82) is 0 Å². The van der Waals surface area contributed by atoms with E-state index in [9.17, 15) is 9.18 Å². The Labute approximate surface area is 122 Å². The molecule has 1 nitrogen and oxygen atoms in total. The maximum absolute atomic E-state index is 13.1. The van der Waals surface area contributed by atoms with Gasteiger partial charge in [-0.3, -0.25) is 4.79 Å². The molecular weight excluding hydrogens is 307 g/mol. The molecule has 0 aromatic heterocycles. The van der Waals surface area contributed by atoms with Crippen molar-refractivity contribution in [3.63, 3.8) is 0 Å². The van der Waals surface area contributed by atoms with Crippen LogP contribution in [0, 0.1) is 23.6 Å². The summed E-state index contributed by atoms with van der Waals surface area (Å²) in [5.74, 6) is 1.50. The van der Waals surface area contributed by atoms with Crippen LogP contribution in [0.5, 0.6) is 0 Å². The summed E-state index contributed by atoms with van der Waals surface area (Å²) in [6.45, 7) is 4.46. The molecule has 19 heavy (non-hydrogen) atoms. The van der Waals surface area contributed by atoms with Crippen LogP contribution in [0.2, 0.25) is 0 Å². The van der Waals surface area contributed by atoms with E-state index in [1.54, 1.807) is 6.07 Å². The molecular formula is C16H20BrFO. The molecule has 2 unspecified atom stereocenters. The van der Waals surface area contributed by atoms with Gasteiger partial charge < -0.3 is 0 Å². The van der Waals surface area contributed by atoms with Crippen molar-refractivity contribution in [2.75, 3.05) is 0 Å². The molecule has 0 spiro atoms. The second kappa shape index (κ2) is 6.17. The first kappa shape index (κ1) is 14.7. The number of Topliss-reactive ketones (excluding diaryl/α,β-unsaturated/α-hetero) is 1. The Hall–Kier alpha value is -0.700. The normalized spacial score (nSPS) is 23.9. The lowest BCUT2D eigenvalue weighted by molar-refractivity contribution is -0.125. The average molecular weight is 327 g/mol. The molecule has 1 aliphatic carbocycles. The van der Waals surface area contributed by atoms with E-state index in [0.29, 0.717) is 24.0 Å². The fourth-order valence-electron chi connectivity index (χ4n) is 2.90. The summed E-state index contributed by atoms with van der Waals surface area (Å²) >= 11 is 3.39. The first-order chi connectivity index (χ1) is 8.97. The minimum absolute atomic E-state index is 0.0999. The molecule has 1 fully saturated rings. The fraction of sp³-hybridized carbons (Fsp3) is 0.562. The lowest BCUT2D eigenvalue weighted by atomic mass is 9.73. The van der Waals surface area contributed by atoms with E-state index in [0.717, 1.165) is 29.3 Å². The molecule has 3 heteroatoms. The van der Waals surface area contributed by atoms with Crippen LogP contribution in [-0.4, -0.2) is 5.78 Å². The summed E-state index contributed by atoms with van der Waals surface area (Å²) in [5, 5.41) is 0. The maximum Gasteiger partial charge on any atom is 0.136 e. The second-order valence-corrected chi connectivity index (χ2v) is 6.74. The SMILES string of the molecule is CC(C)C1CCC(=O)C(Cc2ccc(F)cc2Br)C1. The lowest BCUT2D eigenvalue weighted by Crippen LogP contribution is -2.29. The van der Waals surface area contributed by atoms with Gasteiger partial charge >= 0.3 is 0 Å². The highest BCUT2D eigenvalue weighted by atomic mass is 79.9. The Bertz CT molecular complexity index is 470. The zero-order chi connectivity index (χ0) is 14.0. The molecule has 1 aromatic carbocycles. The van der Waals surface area contributed by atoms with Crippen molar-refractivity contribution < 1.29 is 9.18 Å². The maximum atomic E-state index is 13.1. The van der Waals surface area contributed by atoms with Crippen LogP contribution in [-0.2, 0) is 11.2 Å². The molecule has 1 aromatic rings. The van der Waals surface area contributed by atoms with Gasteiger partial charge in [0.1, 0.15) is 11.6 Å². The topological polar surface area (TPSA) is 17.1 Å². The molecule has 0 amide bonds. The molecule has 0 saturated heterocycles. The highest BCUT2D eigenvalue weighted by molar-refractivity contribution is 9.10. The number of halogens is 2. The van der Waals surface area contributed by atoms with E-state index < -0.39 is 0 Å². The van der Waals surface area contributed by atoms with Gasteiger partial charge in [-0.15, -0.1) is 0 Å². The van der Waals surface area contributed by atoms with Crippen LogP contribution in [0.25, 0.3) is 0 Å². The van der Waals surface area contributed by atoms with Crippen LogP contribution in [0.15, 0.2) is 22.7 Å². The number of carbonyl (C=O) groups is 1. The first-order valence-electron chi connectivity index (χ1n) is 6.94. The minimum atomic E-state index is -0.245. The van der Waals surface area contributed by atoms with Crippen molar-refractivity contribution in [3.05, 3.63) is 34.1 Å². The van der Waals surface area contributed by atoms with Crippen molar-refractivity contribution >= 4 is 21.7 Å². The molecule has 0 N–H and O–H groups in total. The van der Waals surface area contributed by atoms with Gasteiger partial charge in [-0.2, -0.15) is 0 Å². The Morgan fingerprint density at radius 2 is 2.16 bits per heavy atom. The Morgan fingerprint density at radius 1 is 1.42 bits per heavy atom. The monoisotopic (exact) mass is 326 g/mol. The van der Waals surface area contributed by atoms with E-state index in [-0.39, 0.29) is 11.7 Å². The van der Waals surface area contributed by atoms with E-state index in [1.165, 1.54) is 12.1 Å². The van der Waals surface area contributed by atoms with E-state index in [1.807, 2.05) is 0 Å². The third-order valence-electron chi connectivity index (χ3n) is 4.23. The Balaban J connectivity index is 2.10. The minimum Gasteiger partial charge on any atom is -0.299 e. The second-order valence-electron chi connectivity index (χ2n) is 5.88. The van der Waals surface area contributed by atoms with Crippen LogP contribution < -0.4 is 0 Å². The summed E-state index contributed by atoms with van der Waals surface area (Å²) < 4.78 is 13.8. The van der Waals surface area contributed by atoms with Crippen LogP contribution >= 0.6 is 15.9 Å². The quantitative estimate of drug-likeness (QED) is 0.781. The van der Waals surface area contributed by atoms with Crippen molar-refractivity contribution in [2.45, 2.75) is 39.5 Å². The van der Waals surface area contributed by atoms with Gasteiger partial charge in [-0.1, -0.05) is 35.8 Å². The van der Waals surface area contributed by atoms with Crippen LogP contribution in [0.1, 0.15) is 38.7 Å². The summed E-state index contributed by atoms with van der Waals surface area (Å²) in [4.78, 5) is 12.1. The molecule has 0 radical (unpaired) electrons. The molecule has 0 heterocycles. The molecule has 0 bridgehead atoms. The van der Waals surface area contributed by atoms with Crippen molar-refractivity contribution in [3.8, 4) is 0 Å².